The van der Waals surface area contributed by atoms with Gasteiger partial charge in [0.15, 0.2) is 0 Å². The molecule has 0 aliphatic heterocycles. The van der Waals surface area contributed by atoms with Crippen molar-refractivity contribution in [1.29, 1.82) is 0 Å². The molecule has 0 aromatic heterocycles. The number of hydrogen-bond donors (Lipinski definition) is 0. The molecule has 0 spiro atoms. The Balaban J connectivity index is 2.95. The number of hydrogen-bond acceptors (Lipinski definition) is 1. The maximum absolute atomic E-state index is 10.0. The van der Waals surface area contributed by atoms with E-state index in [-0.39, 0.29) is 0 Å². The van der Waals surface area contributed by atoms with Gasteiger partial charge in [-0.05, 0) is 23.8 Å². The Kier molecular flexibility index (Phi) is 2.87. The Morgan fingerprint density at radius 2 is 2.25 bits per heavy atom. The molecule has 1 heteroatoms. The van der Waals surface area contributed by atoms with Gasteiger partial charge in [0.2, 0.25) is 0 Å². The second-order valence-corrected chi connectivity index (χ2v) is 2.26. The van der Waals surface area contributed by atoms with E-state index in [1.165, 1.54) is 6.08 Å². The predicted octanol–water partition coefficient (Wildman–Crippen LogP) is 1.88. The standard InChI is InChI=1S/C11H8O/c1-2-10-5-3-6-11(9-10)7-4-8-12/h1,3-9H/b7-4+. The van der Waals surface area contributed by atoms with Crippen molar-refractivity contribution in [2.45, 2.75) is 0 Å². The molecule has 1 rings (SSSR count). The topological polar surface area (TPSA) is 17.1 Å². The third-order valence-corrected chi connectivity index (χ3v) is 1.42. The number of carbonyl (C=O) groups is 1. The molecule has 12 heavy (non-hydrogen) atoms. The molecule has 0 saturated heterocycles. The molecule has 0 atom stereocenters. The van der Waals surface area contributed by atoms with E-state index in [0.717, 1.165) is 17.4 Å². The average Bonchev–Trinajstić information content (AvgIpc) is 2.15. The van der Waals surface area contributed by atoms with Crippen LogP contribution in [0.4, 0.5) is 0 Å². The molecule has 58 valence electrons. The van der Waals surface area contributed by atoms with Gasteiger partial charge in [-0.15, -0.1) is 6.42 Å². The van der Waals surface area contributed by atoms with Gasteiger partial charge in [0.25, 0.3) is 0 Å². The number of rotatable bonds is 2. The number of allylic oxidation sites excluding steroid dienone is 1. The summed E-state index contributed by atoms with van der Waals surface area (Å²) in [6.07, 6.45) is 9.10. The Bertz CT molecular complexity index is 342. The minimum absolute atomic E-state index is 0.739. The molecule has 0 unspecified atom stereocenters. The van der Waals surface area contributed by atoms with Gasteiger partial charge in [-0.25, -0.2) is 0 Å². The Labute approximate surface area is 71.7 Å². The van der Waals surface area contributed by atoms with Crippen LogP contribution in [-0.2, 0) is 4.79 Å². The van der Waals surface area contributed by atoms with E-state index >= 15 is 0 Å². The third-order valence-electron chi connectivity index (χ3n) is 1.42. The molecule has 0 N–H and O–H groups in total. The Morgan fingerprint density at radius 3 is 2.92 bits per heavy atom. The van der Waals surface area contributed by atoms with Crippen molar-refractivity contribution in [2.24, 2.45) is 0 Å². The van der Waals surface area contributed by atoms with Gasteiger partial charge < -0.3 is 0 Å². The smallest absolute Gasteiger partial charge is 0.142 e. The Hall–Kier alpha value is -1.81. The van der Waals surface area contributed by atoms with Crippen LogP contribution in [0, 0.1) is 12.3 Å². The van der Waals surface area contributed by atoms with Gasteiger partial charge in [0.1, 0.15) is 6.29 Å². The predicted molar refractivity (Wildman–Crippen MR) is 49.5 cm³/mol. The van der Waals surface area contributed by atoms with Gasteiger partial charge in [-0.3, -0.25) is 4.79 Å². The SMILES string of the molecule is C#Cc1cccc(/C=C/C=O)c1. The summed E-state index contributed by atoms with van der Waals surface area (Å²) in [5.74, 6) is 2.52. The first-order valence-electron chi connectivity index (χ1n) is 3.55. The second kappa shape index (κ2) is 4.15. The summed E-state index contributed by atoms with van der Waals surface area (Å²) in [4.78, 5) is 10.0. The highest BCUT2D eigenvalue weighted by Crippen LogP contribution is 2.05. The fourth-order valence-corrected chi connectivity index (χ4v) is 0.883. The van der Waals surface area contributed by atoms with Crippen molar-refractivity contribution in [3.8, 4) is 12.3 Å². The highest BCUT2D eigenvalue weighted by molar-refractivity contribution is 5.74. The van der Waals surface area contributed by atoms with Crippen LogP contribution < -0.4 is 0 Å². The molecular weight excluding hydrogens is 148 g/mol. The average molecular weight is 156 g/mol. The highest BCUT2D eigenvalue weighted by atomic mass is 16.1. The van der Waals surface area contributed by atoms with Crippen LogP contribution in [0.1, 0.15) is 11.1 Å². The molecular formula is C11H8O. The monoisotopic (exact) mass is 156 g/mol. The van der Waals surface area contributed by atoms with Gasteiger partial charge in [0, 0.05) is 5.56 Å². The maximum Gasteiger partial charge on any atom is 0.142 e. The minimum Gasteiger partial charge on any atom is -0.299 e. The molecule has 0 amide bonds. The number of benzene rings is 1. The summed E-state index contributed by atoms with van der Waals surface area (Å²) < 4.78 is 0. The van der Waals surface area contributed by atoms with Crippen LogP contribution in [0.5, 0.6) is 0 Å². The fraction of sp³-hybridized carbons (Fsp3) is 0. The number of carbonyl (C=O) groups excluding carboxylic acids is 1. The van der Waals surface area contributed by atoms with E-state index in [1.807, 2.05) is 24.3 Å². The zero-order valence-electron chi connectivity index (χ0n) is 6.53. The molecule has 0 radical (unpaired) electrons. The van der Waals surface area contributed by atoms with E-state index in [9.17, 15) is 4.79 Å². The molecule has 1 aromatic carbocycles. The van der Waals surface area contributed by atoms with Crippen molar-refractivity contribution in [3.05, 3.63) is 41.5 Å². The van der Waals surface area contributed by atoms with Crippen LogP contribution in [0.25, 0.3) is 6.08 Å². The summed E-state index contributed by atoms with van der Waals surface area (Å²) in [5, 5.41) is 0. The lowest BCUT2D eigenvalue weighted by Gasteiger charge is -1.92. The van der Waals surface area contributed by atoms with E-state index in [2.05, 4.69) is 5.92 Å². The molecule has 0 aliphatic carbocycles. The zero-order chi connectivity index (χ0) is 8.81. The van der Waals surface area contributed by atoms with Crippen molar-refractivity contribution in [3.63, 3.8) is 0 Å². The first-order chi connectivity index (χ1) is 5.86. The maximum atomic E-state index is 10.0. The van der Waals surface area contributed by atoms with Gasteiger partial charge in [-0.2, -0.15) is 0 Å². The summed E-state index contributed by atoms with van der Waals surface area (Å²) in [6.45, 7) is 0. The number of terminal acetylenes is 1. The summed E-state index contributed by atoms with van der Waals surface area (Å²) in [6, 6.07) is 7.44. The molecule has 0 aliphatic rings. The highest BCUT2D eigenvalue weighted by Gasteiger charge is 1.87. The summed E-state index contributed by atoms with van der Waals surface area (Å²) in [5.41, 5.74) is 1.76. The van der Waals surface area contributed by atoms with Crippen LogP contribution in [0.15, 0.2) is 30.3 Å². The van der Waals surface area contributed by atoms with Crippen LogP contribution in [0.2, 0.25) is 0 Å². The van der Waals surface area contributed by atoms with Crippen LogP contribution in [0.3, 0.4) is 0 Å². The molecule has 0 heterocycles. The normalized spacial score (nSPS) is 9.58. The van der Waals surface area contributed by atoms with Crippen molar-refractivity contribution < 1.29 is 4.79 Å². The summed E-state index contributed by atoms with van der Waals surface area (Å²) in [7, 11) is 0. The summed E-state index contributed by atoms with van der Waals surface area (Å²) >= 11 is 0. The Morgan fingerprint density at radius 1 is 1.42 bits per heavy atom. The quantitative estimate of drug-likeness (QED) is 0.363. The van der Waals surface area contributed by atoms with Gasteiger partial charge in [-0.1, -0.05) is 24.1 Å². The zero-order valence-corrected chi connectivity index (χ0v) is 6.53. The van der Waals surface area contributed by atoms with E-state index in [4.69, 9.17) is 6.42 Å². The molecule has 0 fully saturated rings. The first kappa shape index (κ1) is 8.29. The second-order valence-electron chi connectivity index (χ2n) is 2.26. The minimum atomic E-state index is 0.739. The fourth-order valence-electron chi connectivity index (χ4n) is 0.883. The van der Waals surface area contributed by atoms with Crippen LogP contribution in [-0.4, -0.2) is 6.29 Å². The lowest BCUT2D eigenvalue weighted by atomic mass is 10.1. The van der Waals surface area contributed by atoms with Gasteiger partial charge >= 0.3 is 0 Å². The van der Waals surface area contributed by atoms with Crippen molar-refractivity contribution >= 4 is 12.4 Å². The van der Waals surface area contributed by atoms with E-state index in [1.54, 1.807) is 6.08 Å². The lowest BCUT2D eigenvalue weighted by Crippen LogP contribution is -1.75. The first-order valence-corrected chi connectivity index (χ1v) is 3.55. The van der Waals surface area contributed by atoms with Crippen molar-refractivity contribution in [2.75, 3.05) is 0 Å². The third kappa shape index (κ3) is 2.10. The van der Waals surface area contributed by atoms with E-state index in [0.29, 0.717) is 0 Å². The van der Waals surface area contributed by atoms with Crippen molar-refractivity contribution in [1.82, 2.24) is 0 Å². The van der Waals surface area contributed by atoms with Crippen LogP contribution >= 0.6 is 0 Å². The molecule has 0 saturated carbocycles. The lowest BCUT2D eigenvalue weighted by molar-refractivity contribution is -0.104. The van der Waals surface area contributed by atoms with Gasteiger partial charge in [0.05, 0.1) is 0 Å². The largest absolute Gasteiger partial charge is 0.299 e. The molecule has 1 aromatic rings. The number of aldehydes is 1. The van der Waals surface area contributed by atoms with E-state index < -0.39 is 0 Å². The molecule has 0 bridgehead atoms. The molecule has 1 nitrogen and oxygen atoms in total.